The van der Waals surface area contributed by atoms with Gasteiger partial charge in [0.25, 0.3) is 0 Å². The van der Waals surface area contributed by atoms with Gasteiger partial charge in [-0.15, -0.1) is 5.10 Å². The summed E-state index contributed by atoms with van der Waals surface area (Å²) in [5.74, 6) is -0.170. The Hall–Kier alpha value is -2.28. The van der Waals surface area contributed by atoms with E-state index in [9.17, 15) is 9.90 Å². The third-order valence-corrected chi connectivity index (χ3v) is 4.11. The molecule has 1 aliphatic rings. The maximum Gasteiger partial charge on any atom is 0.227 e. The molecular formula is C15H19N5O2. The van der Waals surface area contributed by atoms with Gasteiger partial charge in [0.15, 0.2) is 0 Å². The first-order valence-electron chi connectivity index (χ1n) is 7.42. The Morgan fingerprint density at radius 1 is 1.41 bits per heavy atom. The first-order chi connectivity index (χ1) is 10.6. The van der Waals surface area contributed by atoms with Crippen LogP contribution in [0.4, 0.5) is 5.69 Å². The zero-order valence-electron chi connectivity index (χ0n) is 12.5. The molecule has 3 rings (SSSR count). The van der Waals surface area contributed by atoms with Crippen molar-refractivity contribution in [3.63, 3.8) is 0 Å². The minimum absolute atomic E-state index is 0.140. The third-order valence-electron chi connectivity index (χ3n) is 4.11. The van der Waals surface area contributed by atoms with Gasteiger partial charge < -0.3 is 10.4 Å². The number of amides is 1. The third kappa shape index (κ3) is 3.14. The summed E-state index contributed by atoms with van der Waals surface area (Å²) in [5.41, 5.74) is 1.64. The van der Waals surface area contributed by atoms with E-state index in [4.69, 9.17) is 0 Å². The Labute approximate surface area is 128 Å². The Morgan fingerprint density at radius 2 is 2.18 bits per heavy atom. The van der Waals surface area contributed by atoms with E-state index in [1.54, 1.807) is 4.68 Å². The molecule has 2 N–H and O–H groups in total. The van der Waals surface area contributed by atoms with Crippen molar-refractivity contribution in [2.75, 3.05) is 5.32 Å². The van der Waals surface area contributed by atoms with E-state index in [0.717, 1.165) is 24.1 Å². The standard InChI is InChI=1S/C15H19N5O2/c1-11-4-5-12(8-13(11)20-10-16-18-19-20)17-14(21)9-15(22)6-2-3-7-15/h4-5,8,10,22H,2-3,6-7,9H2,1H3,(H,17,21). The predicted octanol–water partition coefficient (Wildman–Crippen LogP) is 1.60. The summed E-state index contributed by atoms with van der Waals surface area (Å²) < 4.78 is 1.55. The number of hydrogen-bond acceptors (Lipinski definition) is 5. The first kappa shape index (κ1) is 14.6. The molecule has 1 fully saturated rings. The monoisotopic (exact) mass is 301 g/mol. The number of aryl methyl sites for hydroxylation is 1. The average molecular weight is 301 g/mol. The van der Waals surface area contributed by atoms with E-state index < -0.39 is 5.60 Å². The van der Waals surface area contributed by atoms with E-state index in [-0.39, 0.29) is 12.3 Å². The van der Waals surface area contributed by atoms with Gasteiger partial charge in [0, 0.05) is 5.69 Å². The molecule has 116 valence electrons. The van der Waals surface area contributed by atoms with Crippen LogP contribution in [-0.2, 0) is 4.79 Å². The smallest absolute Gasteiger partial charge is 0.227 e. The van der Waals surface area contributed by atoms with Crippen LogP contribution in [0.25, 0.3) is 5.69 Å². The van der Waals surface area contributed by atoms with Crippen LogP contribution in [0.2, 0.25) is 0 Å². The Balaban J connectivity index is 1.73. The highest BCUT2D eigenvalue weighted by Gasteiger charge is 2.33. The summed E-state index contributed by atoms with van der Waals surface area (Å²) in [6, 6.07) is 5.55. The highest BCUT2D eigenvalue weighted by Crippen LogP contribution is 2.32. The van der Waals surface area contributed by atoms with E-state index in [2.05, 4.69) is 20.8 Å². The van der Waals surface area contributed by atoms with Crippen LogP contribution in [-0.4, -0.2) is 36.8 Å². The lowest BCUT2D eigenvalue weighted by atomic mass is 9.97. The predicted molar refractivity (Wildman–Crippen MR) is 80.6 cm³/mol. The van der Waals surface area contributed by atoms with Crippen LogP contribution in [0.1, 0.15) is 37.7 Å². The number of nitrogens with one attached hydrogen (secondary N) is 1. The molecule has 1 aliphatic carbocycles. The van der Waals surface area contributed by atoms with Gasteiger partial charge in [-0.05, 0) is 47.9 Å². The van der Waals surface area contributed by atoms with Gasteiger partial charge in [0.05, 0.1) is 17.7 Å². The van der Waals surface area contributed by atoms with E-state index >= 15 is 0 Å². The van der Waals surface area contributed by atoms with Crippen LogP contribution >= 0.6 is 0 Å². The molecule has 1 saturated carbocycles. The molecule has 1 amide bonds. The second kappa shape index (κ2) is 5.84. The zero-order valence-corrected chi connectivity index (χ0v) is 12.5. The van der Waals surface area contributed by atoms with Crippen molar-refractivity contribution in [3.05, 3.63) is 30.1 Å². The minimum atomic E-state index is -0.840. The van der Waals surface area contributed by atoms with Gasteiger partial charge >= 0.3 is 0 Å². The van der Waals surface area contributed by atoms with E-state index in [1.165, 1.54) is 6.33 Å². The number of aliphatic hydroxyl groups is 1. The van der Waals surface area contributed by atoms with Gasteiger partial charge in [0.2, 0.25) is 5.91 Å². The fraction of sp³-hybridized carbons (Fsp3) is 0.467. The van der Waals surface area contributed by atoms with Gasteiger partial charge in [-0.1, -0.05) is 18.9 Å². The van der Waals surface area contributed by atoms with Crippen molar-refractivity contribution in [2.24, 2.45) is 0 Å². The Morgan fingerprint density at radius 3 is 2.86 bits per heavy atom. The van der Waals surface area contributed by atoms with Crippen LogP contribution in [0, 0.1) is 6.92 Å². The molecule has 0 spiro atoms. The van der Waals surface area contributed by atoms with Crippen LogP contribution in [0.3, 0.4) is 0 Å². The molecule has 0 radical (unpaired) electrons. The number of nitrogens with zero attached hydrogens (tertiary/aromatic N) is 4. The average Bonchev–Trinajstić information content (AvgIpc) is 3.12. The summed E-state index contributed by atoms with van der Waals surface area (Å²) in [4.78, 5) is 12.1. The van der Waals surface area contributed by atoms with Crippen molar-refractivity contribution in [1.82, 2.24) is 20.2 Å². The molecule has 2 aromatic rings. The summed E-state index contributed by atoms with van der Waals surface area (Å²) in [5, 5.41) is 24.2. The molecule has 0 bridgehead atoms. The summed E-state index contributed by atoms with van der Waals surface area (Å²) in [6.45, 7) is 1.95. The van der Waals surface area contributed by atoms with Gasteiger partial charge in [-0.25, -0.2) is 4.68 Å². The number of carbonyl (C=O) groups excluding carboxylic acids is 1. The number of benzene rings is 1. The lowest BCUT2D eigenvalue weighted by Gasteiger charge is -2.21. The topological polar surface area (TPSA) is 92.9 Å². The minimum Gasteiger partial charge on any atom is -0.389 e. The molecule has 0 aliphatic heterocycles. The molecule has 7 nitrogen and oxygen atoms in total. The second-order valence-corrected chi connectivity index (χ2v) is 5.91. The van der Waals surface area contributed by atoms with Crippen LogP contribution < -0.4 is 5.32 Å². The largest absolute Gasteiger partial charge is 0.389 e. The van der Waals surface area contributed by atoms with Crippen LogP contribution in [0.15, 0.2) is 24.5 Å². The number of aromatic nitrogens is 4. The number of hydrogen-bond donors (Lipinski definition) is 2. The quantitative estimate of drug-likeness (QED) is 0.895. The number of carbonyl (C=O) groups is 1. The molecule has 22 heavy (non-hydrogen) atoms. The molecule has 0 atom stereocenters. The summed E-state index contributed by atoms with van der Waals surface area (Å²) >= 11 is 0. The van der Waals surface area contributed by atoms with E-state index in [0.29, 0.717) is 18.5 Å². The summed E-state index contributed by atoms with van der Waals surface area (Å²) in [6.07, 6.45) is 5.01. The van der Waals surface area contributed by atoms with Crippen molar-refractivity contribution in [1.29, 1.82) is 0 Å². The normalized spacial score (nSPS) is 16.6. The van der Waals surface area contributed by atoms with Crippen molar-refractivity contribution < 1.29 is 9.90 Å². The number of anilines is 1. The maximum atomic E-state index is 12.1. The van der Waals surface area contributed by atoms with Crippen molar-refractivity contribution in [2.45, 2.75) is 44.6 Å². The Bertz CT molecular complexity index is 663. The second-order valence-electron chi connectivity index (χ2n) is 5.91. The molecule has 1 heterocycles. The fourth-order valence-electron chi connectivity index (χ4n) is 2.92. The lowest BCUT2D eigenvalue weighted by molar-refractivity contribution is -0.120. The lowest BCUT2D eigenvalue weighted by Crippen LogP contribution is -2.30. The van der Waals surface area contributed by atoms with Crippen molar-refractivity contribution in [3.8, 4) is 5.69 Å². The molecule has 1 aromatic carbocycles. The highest BCUT2D eigenvalue weighted by atomic mass is 16.3. The highest BCUT2D eigenvalue weighted by molar-refractivity contribution is 5.91. The van der Waals surface area contributed by atoms with Gasteiger partial charge in [-0.3, -0.25) is 4.79 Å². The van der Waals surface area contributed by atoms with E-state index in [1.807, 2.05) is 25.1 Å². The maximum absolute atomic E-state index is 12.1. The molecular weight excluding hydrogens is 282 g/mol. The molecule has 0 unspecified atom stereocenters. The van der Waals surface area contributed by atoms with Crippen molar-refractivity contribution >= 4 is 11.6 Å². The fourth-order valence-corrected chi connectivity index (χ4v) is 2.92. The Kier molecular flexibility index (Phi) is 3.89. The number of tetrazole rings is 1. The summed E-state index contributed by atoms with van der Waals surface area (Å²) in [7, 11) is 0. The molecule has 0 saturated heterocycles. The SMILES string of the molecule is Cc1ccc(NC(=O)CC2(O)CCCC2)cc1-n1cnnn1. The zero-order chi connectivity index (χ0) is 15.6. The van der Waals surface area contributed by atoms with Gasteiger partial charge in [0.1, 0.15) is 6.33 Å². The molecule has 1 aromatic heterocycles. The van der Waals surface area contributed by atoms with Crippen LogP contribution in [0.5, 0.6) is 0 Å². The molecule has 7 heteroatoms. The first-order valence-corrected chi connectivity index (χ1v) is 7.42. The van der Waals surface area contributed by atoms with Gasteiger partial charge in [-0.2, -0.15) is 0 Å². The number of rotatable bonds is 4.